The topological polar surface area (TPSA) is 66.0 Å². The number of hydrogen-bond donors (Lipinski definition) is 0. The van der Waals surface area contributed by atoms with Crippen LogP contribution < -0.4 is 9.47 Å². The molecular weight excluding hydrogens is 372 g/mol. The summed E-state index contributed by atoms with van der Waals surface area (Å²) in [5.74, 6) is 1.16. The molecule has 3 aromatic rings. The zero-order valence-electron chi connectivity index (χ0n) is 16.8. The average Bonchev–Trinajstić information content (AvgIpc) is 2.82. The fourth-order valence-corrected chi connectivity index (χ4v) is 3.08. The number of allylic oxidation sites excluding steroid dienone is 2. The second kappa shape index (κ2) is 9.78. The zero-order valence-corrected chi connectivity index (χ0v) is 16.8. The van der Waals surface area contributed by atoms with Gasteiger partial charge in [0.15, 0.2) is 0 Å². The van der Waals surface area contributed by atoms with Gasteiger partial charge in [-0.2, -0.15) is 10.5 Å². The second-order valence-corrected chi connectivity index (χ2v) is 6.41. The highest BCUT2D eigenvalue weighted by Gasteiger charge is 2.12. The molecule has 0 aromatic heterocycles. The van der Waals surface area contributed by atoms with Gasteiger partial charge in [0, 0.05) is 11.1 Å². The van der Waals surface area contributed by atoms with E-state index in [1.807, 2.05) is 72.8 Å². The molecule has 0 bridgehead atoms. The molecule has 3 aromatic carbocycles. The van der Waals surface area contributed by atoms with Crippen molar-refractivity contribution in [3.63, 3.8) is 0 Å². The summed E-state index contributed by atoms with van der Waals surface area (Å²) in [5.41, 5.74) is 4.10. The predicted molar refractivity (Wildman–Crippen MR) is 119 cm³/mol. The van der Waals surface area contributed by atoms with E-state index < -0.39 is 0 Å². The third-order valence-electron chi connectivity index (χ3n) is 4.59. The fourth-order valence-electron chi connectivity index (χ4n) is 3.08. The van der Waals surface area contributed by atoms with Crippen LogP contribution >= 0.6 is 0 Å². The van der Waals surface area contributed by atoms with E-state index in [2.05, 4.69) is 12.1 Å². The van der Waals surface area contributed by atoms with Gasteiger partial charge in [0.05, 0.1) is 37.5 Å². The van der Waals surface area contributed by atoms with Gasteiger partial charge in [0.1, 0.15) is 11.5 Å². The highest BCUT2D eigenvalue weighted by atomic mass is 16.5. The standard InChI is InChI=1S/C26H20N2O2/c1-29-25-15-22(14-24(18-28)20-11-7-4-8-12-20)26(30-2)16-21(25)13-23(17-27)19-9-5-3-6-10-19/h3-16H,1-2H3/b23-13+,24-14+. The number of benzene rings is 3. The van der Waals surface area contributed by atoms with E-state index in [-0.39, 0.29) is 0 Å². The summed E-state index contributed by atoms with van der Waals surface area (Å²) in [6.45, 7) is 0. The summed E-state index contributed by atoms with van der Waals surface area (Å²) >= 11 is 0. The summed E-state index contributed by atoms with van der Waals surface area (Å²) < 4.78 is 11.1. The minimum Gasteiger partial charge on any atom is -0.496 e. The maximum atomic E-state index is 9.63. The molecule has 0 saturated carbocycles. The van der Waals surface area contributed by atoms with Crippen molar-refractivity contribution < 1.29 is 9.47 Å². The Morgan fingerprint density at radius 2 is 1.03 bits per heavy atom. The van der Waals surface area contributed by atoms with Gasteiger partial charge in [0.25, 0.3) is 0 Å². The van der Waals surface area contributed by atoms with Crippen molar-refractivity contribution in [3.05, 3.63) is 95.1 Å². The number of ether oxygens (including phenoxy) is 2. The lowest BCUT2D eigenvalue weighted by Crippen LogP contribution is -1.94. The van der Waals surface area contributed by atoms with Gasteiger partial charge < -0.3 is 9.47 Å². The van der Waals surface area contributed by atoms with Gasteiger partial charge >= 0.3 is 0 Å². The number of rotatable bonds is 6. The Bertz CT molecular complexity index is 1070. The minimum atomic E-state index is 0.515. The van der Waals surface area contributed by atoms with Crippen molar-refractivity contribution in [1.82, 2.24) is 0 Å². The molecule has 0 saturated heterocycles. The van der Waals surface area contributed by atoms with Crippen molar-refractivity contribution in [2.24, 2.45) is 0 Å². The van der Waals surface area contributed by atoms with E-state index in [4.69, 9.17) is 9.47 Å². The van der Waals surface area contributed by atoms with E-state index in [0.29, 0.717) is 33.8 Å². The van der Waals surface area contributed by atoms with E-state index >= 15 is 0 Å². The minimum absolute atomic E-state index is 0.515. The Balaban J connectivity index is 2.12. The van der Waals surface area contributed by atoms with E-state index in [1.165, 1.54) is 0 Å². The molecule has 0 radical (unpaired) electrons. The summed E-state index contributed by atoms with van der Waals surface area (Å²) in [4.78, 5) is 0. The third-order valence-corrected chi connectivity index (χ3v) is 4.59. The number of hydrogen-bond acceptors (Lipinski definition) is 4. The summed E-state index contributed by atoms with van der Waals surface area (Å²) in [7, 11) is 3.15. The molecule has 0 amide bonds. The molecule has 0 atom stereocenters. The maximum Gasteiger partial charge on any atom is 0.126 e. The van der Waals surface area contributed by atoms with Crippen LogP contribution in [0.15, 0.2) is 72.8 Å². The summed E-state index contributed by atoms with van der Waals surface area (Å²) in [6.07, 6.45) is 3.54. The van der Waals surface area contributed by atoms with Crippen molar-refractivity contribution in [3.8, 4) is 23.6 Å². The SMILES string of the molecule is COc1cc(/C=C(\C#N)c2ccccc2)c(OC)cc1/C=C(\C#N)c1ccccc1. The molecule has 3 rings (SSSR count). The quantitative estimate of drug-likeness (QED) is 0.391. The molecule has 0 fully saturated rings. The molecule has 4 heteroatoms. The van der Waals surface area contributed by atoms with E-state index in [1.54, 1.807) is 26.4 Å². The lowest BCUT2D eigenvalue weighted by atomic mass is 9.99. The molecule has 0 heterocycles. The molecule has 0 aliphatic carbocycles. The Hall–Kier alpha value is -4.28. The first-order valence-electron chi connectivity index (χ1n) is 9.30. The molecule has 0 aliphatic heterocycles. The second-order valence-electron chi connectivity index (χ2n) is 6.41. The van der Waals surface area contributed by atoms with Crippen LogP contribution in [-0.4, -0.2) is 14.2 Å². The van der Waals surface area contributed by atoms with Gasteiger partial charge in [0.2, 0.25) is 0 Å². The number of methoxy groups -OCH3 is 2. The monoisotopic (exact) mass is 392 g/mol. The average molecular weight is 392 g/mol. The smallest absolute Gasteiger partial charge is 0.126 e. The number of nitriles is 2. The number of nitrogens with zero attached hydrogens (tertiary/aromatic N) is 2. The lowest BCUT2D eigenvalue weighted by Gasteiger charge is -2.12. The van der Waals surface area contributed by atoms with Crippen LogP contribution in [0.2, 0.25) is 0 Å². The molecule has 0 aliphatic rings. The van der Waals surface area contributed by atoms with Crippen LogP contribution in [0.4, 0.5) is 0 Å². The Labute approximate surface area is 176 Å². The normalized spacial score (nSPS) is 11.3. The van der Waals surface area contributed by atoms with Crippen molar-refractivity contribution in [1.29, 1.82) is 10.5 Å². The van der Waals surface area contributed by atoms with Gasteiger partial charge in [-0.1, -0.05) is 60.7 Å². The van der Waals surface area contributed by atoms with Gasteiger partial charge in [-0.15, -0.1) is 0 Å². The van der Waals surface area contributed by atoms with Crippen LogP contribution in [-0.2, 0) is 0 Å². The first-order chi connectivity index (χ1) is 14.7. The molecule has 0 N–H and O–H groups in total. The highest BCUT2D eigenvalue weighted by molar-refractivity contribution is 5.93. The van der Waals surface area contributed by atoms with Gasteiger partial charge in [-0.05, 0) is 35.4 Å². The molecule has 30 heavy (non-hydrogen) atoms. The molecule has 0 unspecified atom stereocenters. The molecule has 0 spiro atoms. The Kier molecular flexibility index (Phi) is 6.66. The van der Waals surface area contributed by atoms with Crippen LogP contribution in [0.25, 0.3) is 23.3 Å². The van der Waals surface area contributed by atoms with Crippen LogP contribution in [0, 0.1) is 22.7 Å². The Morgan fingerprint density at radius 3 is 1.33 bits per heavy atom. The first kappa shape index (κ1) is 20.5. The predicted octanol–water partition coefficient (Wildman–Crippen LogP) is 5.83. The van der Waals surface area contributed by atoms with E-state index in [9.17, 15) is 10.5 Å². The largest absolute Gasteiger partial charge is 0.496 e. The van der Waals surface area contributed by atoms with Crippen molar-refractivity contribution >= 4 is 23.3 Å². The maximum absolute atomic E-state index is 9.63. The van der Waals surface area contributed by atoms with Crippen molar-refractivity contribution in [2.75, 3.05) is 14.2 Å². The molecular formula is C26H20N2O2. The summed E-state index contributed by atoms with van der Waals surface area (Å²) in [5, 5.41) is 19.3. The van der Waals surface area contributed by atoms with Crippen LogP contribution in [0.3, 0.4) is 0 Å². The fraction of sp³-hybridized carbons (Fsp3) is 0.0769. The third kappa shape index (κ3) is 4.58. The van der Waals surface area contributed by atoms with Crippen molar-refractivity contribution in [2.45, 2.75) is 0 Å². The van der Waals surface area contributed by atoms with E-state index in [0.717, 1.165) is 11.1 Å². The highest BCUT2D eigenvalue weighted by Crippen LogP contribution is 2.34. The first-order valence-corrected chi connectivity index (χ1v) is 9.30. The Morgan fingerprint density at radius 1 is 0.667 bits per heavy atom. The van der Waals surface area contributed by atoms with Crippen LogP contribution in [0.1, 0.15) is 22.3 Å². The zero-order chi connectivity index (χ0) is 21.3. The van der Waals surface area contributed by atoms with Crippen LogP contribution in [0.5, 0.6) is 11.5 Å². The molecule has 146 valence electrons. The summed E-state index contributed by atoms with van der Waals surface area (Å²) in [6, 6.07) is 27.0. The lowest BCUT2D eigenvalue weighted by molar-refractivity contribution is 0.401. The van der Waals surface area contributed by atoms with Gasteiger partial charge in [-0.3, -0.25) is 0 Å². The molecule has 4 nitrogen and oxygen atoms in total. The van der Waals surface area contributed by atoms with Gasteiger partial charge in [-0.25, -0.2) is 0 Å².